The number of rotatable bonds is 4. The molecule has 1 aliphatic heterocycles. The topological polar surface area (TPSA) is 79.4 Å². The maximum Gasteiger partial charge on any atom is 0.243 e. The van der Waals surface area contributed by atoms with Crippen LogP contribution >= 0.6 is 0 Å². The molecule has 2 aromatic carbocycles. The molecule has 1 aliphatic rings. The summed E-state index contributed by atoms with van der Waals surface area (Å²) in [4.78, 5) is 17.3. The van der Waals surface area contributed by atoms with E-state index < -0.39 is 16.1 Å². The number of fused-ring (bicyclic) bond motifs is 1. The van der Waals surface area contributed by atoms with E-state index in [-0.39, 0.29) is 10.8 Å². The number of aryl methyl sites for hydroxylation is 2. The van der Waals surface area contributed by atoms with Gasteiger partial charge >= 0.3 is 0 Å². The predicted octanol–water partition coefficient (Wildman–Crippen LogP) is 3.64. The Morgan fingerprint density at radius 1 is 1.14 bits per heavy atom. The highest BCUT2D eigenvalue weighted by Crippen LogP contribution is 2.29. The van der Waals surface area contributed by atoms with E-state index in [2.05, 4.69) is 10.3 Å². The molecular formula is C22H23N3O3S. The Kier molecular flexibility index (Phi) is 5.10. The molecule has 150 valence electrons. The molecule has 4 rings (SSSR count). The first-order valence-electron chi connectivity index (χ1n) is 9.61. The molecule has 1 N–H and O–H groups in total. The Labute approximate surface area is 170 Å². The molecule has 2 heterocycles. The molecule has 0 bridgehead atoms. The van der Waals surface area contributed by atoms with Crippen molar-refractivity contribution in [3.05, 3.63) is 65.9 Å². The zero-order chi connectivity index (χ0) is 20.6. The second kappa shape index (κ2) is 7.57. The molecule has 1 aromatic heterocycles. The summed E-state index contributed by atoms with van der Waals surface area (Å²) in [6.07, 6.45) is 2.83. The summed E-state index contributed by atoms with van der Waals surface area (Å²) < 4.78 is 27.9. The number of carbonyl (C=O) groups is 1. The van der Waals surface area contributed by atoms with Gasteiger partial charge in [-0.05, 0) is 62.6 Å². The second-order valence-electron chi connectivity index (χ2n) is 7.44. The summed E-state index contributed by atoms with van der Waals surface area (Å²) in [5, 5.41) is 3.66. The standard InChI is InChI=1S/C22H23N3O3S/c1-15-7-9-19(16(2)13-15)24-22(26)21-6-4-12-25(21)29(27,28)18-8-10-20-17(14-18)5-3-11-23-20/h3,5,7-11,13-14,21H,4,6,12H2,1-2H3,(H,24,26). The van der Waals surface area contributed by atoms with Crippen LogP contribution in [0.2, 0.25) is 0 Å². The van der Waals surface area contributed by atoms with Gasteiger partial charge < -0.3 is 5.32 Å². The Bertz CT molecular complexity index is 1190. The first-order chi connectivity index (χ1) is 13.9. The van der Waals surface area contributed by atoms with Crippen LogP contribution in [-0.4, -0.2) is 36.2 Å². The van der Waals surface area contributed by atoms with Crippen LogP contribution in [0.25, 0.3) is 10.9 Å². The second-order valence-corrected chi connectivity index (χ2v) is 9.33. The van der Waals surface area contributed by atoms with Crippen LogP contribution in [0.5, 0.6) is 0 Å². The fraction of sp³-hybridized carbons (Fsp3) is 0.273. The van der Waals surface area contributed by atoms with E-state index in [9.17, 15) is 13.2 Å². The van der Waals surface area contributed by atoms with Gasteiger partial charge in [0.15, 0.2) is 0 Å². The lowest BCUT2D eigenvalue weighted by Crippen LogP contribution is -2.43. The van der Waals surface area contributed by atoms with Crippen molar-refractivity contribution >= 4 is 32.5 Å². The molecule has 0 saturated carbocycles. The van der Waals surface area contributed by atoms with Gasteiger partial charge in [0, 0.05) is 23.8 Å². The Hall–Kier alpha value is -2.77. The lowest BCUT2D eigenvalue weighted by atomic mass is 10.1. The Morgan fingerprint density at radius 3 is 2.76 bits per heavy atom. The Morgan fingerprint density at radius 2 is 1.97 bits per heavy atom. The van der Waals surface area contributed by atoms with Crippen molar-refractivity contribution in [1.82, 2.24) is 9.29 Å². The van der Waals surface area contributed by atoms with Crippen molar-refractivity contribution in [2.24, 2.45) is 0 Å². The number of pyridine rings is 1. The van der Waals surface area contributed by atoms with Crippen LogP contribution in [0.3, 0.4) is 0 Å². The van der Waals surface area contributed by atoms with E-state index in [1.165, 1.54) is 4.31 Å². The van der Waals surface area contributed by atoms with Gasteiger partial charge in [-0.3, -0.25) is 9.78 Å². The van der Waals surface area contributed by atoms with Crippen LogP contribution in [0, 0.1) is 13.8 Å². The zero-order valence-electron chi connectivity index (χ0n) is 16.4. The number of carbonyl (C=O) groups excluding carboxylic acids is 1. The molecule has 3 aromatic rings. The summed E-state index contributed by atoms with van der Waals surface area (Å²) in [5.74, 6) is -0.291. The third-order valence-corrected chi connectivity index (χ3v) is 7.23. The molecule has 1 fully saturated rings. The van der Waals surface area contributed by atoms with E-state index >= 15 is 0 Å². The summed E-state index contributed by atoms with van der Waals surface area (Å²) in [6.45, 7) is 4.25. The molecule has 7 heteroatoms. The number of anilines is 1. The van der Waals surface area contributed by atoms with Crippen molar-refractivity contribution in [3.8, 4) is 0 Å². The van der Waals surface area contributed by atoms with Crippen LogP contribution in [-0.2, 0) is 14.8 Å². The summed E-state index contributed by atoms with van der Waals surface area (Å²) in [5.41, 5.74) is 3.50. The van der Waals surface area contributed by atoms with E-state index in [0.717, 1.165) is 22.0 Å². The first kappa shape index (κ1) is 19.5. The fourth-order valence-corrected chi connectivity index (χ4v) is 5.50. The van der Waals surface area contributed by atoms with Crippen molar-refractivity contribution in [2.45, 2.75) is 37.6 Å². The van der Waals surface area contributed by atoms with Crippen molar-refractivity contribution in [1.29, 1.82) is 0 Å². The van der Waals surface area contributed by atoms with Gasteiger partial charge in [-0.2, -0.15) is 4.31 Å². The highest BCUT2D eigenvalue weighted by atomic mass is 32.2. The highest BCUT2D eigenvalue weighted by Gasteiger charge is 2.39. The van der Waals surface area contributed by atoms with Crippen LogP contribution in [0.4, 0.5) is 5.69 Å². The number of sulfonamides is 1. The average Bonchev–Trinajstić information content (AvgIpc) is 3.20. The van der Waals surface area contributed by atoms with E-state index in [1.54, 1.807) is 30.5 Å². The number of hydrogen-bond donors (Lipinski definition) is 1. The molecule has 1 atom stereocenters. The normalized spacial score (nSPS) is 17.5. The minimum atomic E-state index is -3.79. The molecular weight excluding hydrogens is 386 g/mol. The third kappa shape index (κ3) is 3.75. The van der Waals surface area contributed by atoms with Gasteiger partial charge in [0.25, 0.3) is 0 Å². The average molecular weight is 410 g/mol. The number of amides is 1. The molecule has 6 nitrogen and oxygen atoms in total. The van der Waals surface area contributed by atoms with Crippen molar-refractivity contribution in [3.63, 3.8) is 0 Å². The van der Waals surface area contributed by atoms with Crippen molar-refractivity contribution in [2.75, 3.05) is 11.9 Å². The molecule has 1 unspecified atom stereocenters. The highest BCUT2D eigenvalue weighted by molar-refractivity contribution is 7.89. The fourth-order valence-electron chi connectivity index (χ4n) is 3.81. The molecule has 0 aliphatic carbocycles. The number of nitrogens with one attached hydrogen (secondary N) is 1. The monoisotopic (exact) mass is 409 g/mol. The van der Waals surface area contributed by atoms with E-state index in [4.69, 9.17) is 0 Å². The van der Waals surface area contributed by atoms with E-state index in [1.807, 2.05) is 38.1 Å². The lowest BCUT2D eigenvalue weighted by Gasteiger charge is -2.24. The molecule has 29 heavy (non-hydrogen) atoms. The van der Waals surface area contributed by atoms with Crippen LogP contribution < -0.4 is 5.32 Å². The third-order valence-electron chi connectivity index (χ3n) is 5.33. The minimum Gasteiger partial charge on any atom is -0.324 e. The Balaban J connectivity index is 1.61. The summed E-state index contributed by atoms with van der Waals surface area (Å²) in [7, 11) is -3.79. The van der Waals surface area contributed by atoms with Gasteiger partial charge in [-0.1, -0.05) is 23.8 Å². The van der Waals surface area contributed by atoms with Crippen molar-refractivity contribution < 1.29 is 13.2 Å². The summed E-state index contributed by atoms with van der Waals surface area (Å²) >= 11 is 0. The van der Waals surface area contributed by atoms with Gasteiger partial charge in [0.1, 0.15) is 6.04 Å². The summed E-state index contributed by atoms with van der Waals surface area (Å²) in [6, 6.07) is 13.5. The van der Waals surface area contributed by atoms with E-state index in [0.29, 0.717) is 25.1 Å². The SMILES string of the molecule is Cc1ccc(NC(=O)C2CCCN2S(=O)(=O)c2ccc3ncccc3c2)c(C)c1. The van der Waals surface area contributed by atoms with Crippen LogP contribution in [0.15, 0.2) is 59.6 Å². The number of nitrogens with zero attached hydrogens (tertiary/aromatic N) is 2. The zero-order valence-corrected chi connectivity index (χ0v) is 17.2. The number of benzene rings is 2. The molecule has 1 saturated heterocycles. The van der Waals surface area contributed by atoms with Gasteiger partial charge in [0.2, 0.25) is 15.9 Å². The number of hydrogen-bond acceptors (Lipinski definition) is 4. The minimum absolute atomic E-state index is 0.184. The predicted molar refractivity (Wildman–Crippen MR) is 113 cm³/mol. The number of aromatic nitrogens is 1. The van der Waals surface area contributed by atoms with Gasteiger partial charge in [-0.15, -0.1) is 0 Å². The van der Waals surface area contributed by atoms with Gasteiger partial charge in [0.05, 0.1) is 10.4 Å². The molecule has 0 radical (unpaired) electrons. The lowest BCUT2D eigenvalue weighted by molar-refractivity contribution is -0.119. The maximum absolute atomic E-state index is 13.3. The first-order valence-corrected chi connectivity index (χ1v) is 11.0. The molecule has 1 amide bonds. The van der Waals surface area contributed by atoms with Gasteiger partial charge in [-0.25, -0.2) is 8.42 Å². The largest absolute Gasteiger partial charge is 0.324 e. The maximum atomic E-state index is 13.3. The smallest absolute Gasteiger partial charge is 0.243 e. The molecule has 0 spiro atoms. The quantitative estimate of drug-likeness (QED) is 0.713. The van der Waals surface area contributed by atoms with Crippen LogP contribution in [0.1, 0.15) is 24.0 Å².